The lowest BCUT2D eigenvalue weighted by Gasteiger charge is -2.34. The molecule has 0 spiro atoms. The maximum absolute atomic E-state index is 13.0. The maximum atomic E-state index is 13.0. The molecule has 1 saturated heterocycles. The molecule has 2 heterocycles. The molecule has 9 nitrogen and oxygen atoms in total. The largest absolute Gasteiger partial charge is 0.373 e. The Morgan fingerprint density at radius 1 is 1.06 bits per heavy atom. The topological polar surface area (TPSA) is 106 Å². The number of ether oxygens (including phenoxy) is 1. The van der Waals surface area contributed by atoms with Crippen molar-refractivity contribution in [2.75, 3.05) is 13.1 Å². The van der Waals surface area contributed by atoms with Crippen molar-refractivity contribution < 1.29 is 17.9 Å². The minimum absolute atomic E-state index is 0.164. The molecule has 0 bridgehead atoms. The van der Waals surface area contributed by atoms with E-state index in [0.29, 0.717) is 18.7 Å². The molecule has 0 saturated carbocycles. The number of carbonyl (C=O) groups excluding carboxylic acids is 1. The Labute approximate surface area is 193 Å². The van der Waals surface area contributed by atoms with Crippen LogP contribution in [0.4, 0.5) is 0 Å². The molecule has 1 amide bonds. The number of hydrogen-bond acceptors (Lipinski definition) is 6. The van der Waals surface area contributed by atoms with Gasteiger partial charge in [-0.1, -0.05) is 12.1 Å². The van der Waals surface area contributed by atoms with Gasteiger partial charge >= 0.3 is 0 Å². The highest BCUT2D eigenvalue weighted by Gasteiger charge is 2.32. The number of carbonyl (C=O) groups is 1. The third-order valence-electron chi connectivity index (χ3n) is 5.56. The fraction of sp³-hybridized carbons (Fsp3) is 0.348. The van der Waals surface area contributed by atoms with Gasteiger partial charge in [-0.2, -0.15) is 9.40 Å². The average Bonchev–Trinajstić information content (AvgIpc) is 3.33. The first-order valence-corrected chi connectivity index (χ1v) is 12.2. The normalized spacial score (nSPS) is 20.3. The van der Waals surface area contributed by atoms with Gasteiger partial charge in [-0.25, -0.2) is 18.1 Å². The van der Waals surface area contributed by atoms with E-state index in [1.165, 1.54) is 34.9 Å². The second kappa shape index (κ2) is 9.42. The van der Waals surface area contributed by atoms with Crippen molar-refractivity contribution in [1.29, 1.82) is 0 Å². The van der Waals surface area contributed by atoms with Gasteiger partial charge in [0.05, 0.1) is 28.8 Å². The highest BCUT2D eigenvalue weighted by Crippen LogP contribution is 2.22. The number of nitrogens with one attached hydrogen (secondary N) is 1. The van der Waals surface area contributed by atoms with E-state index in [0.717, 1.165) is 11.3 Å². The molecule has 33 heavy (non-hydrogen) atoms. The summed E-state index contributed by atoms with van der Waals surface area (Å²) in [5.41, 5.74) is 2.20. The summed E-state index contributed by atoms with van der Waals surface area (Å²) in [4.78, 5) is 16.8. The van der Waals surface area contributed by atoms with Gasteiger partial charge in [-0.15, -0.1) is 0 Å². The fourth-order valence-corrected chi connectivity index (χ4v) is 5.47. The Morgan fingerprint density at radius 3 is 2.27 bits per heavy atom. The monoisotopic (exact) mass is 469 g/mol. The smallest absolute Gasteiger partial charge is 0.251 e. The lowest BCUT2D eigenvalue weighted by atomic mass is 10.1. The predicted molar refractivity (Wildman–Crippen MR) is 122 cm³/mol. The Hall–Kier alpha value is -3.08. The molecular formula is C23H27N5O4S. The highest BCUT2D eigenvalue weighted by molar-refractivity contribution is 7.89. The molecule has 1 aromatic heterocycles. The minimum atomic E-state index is -3.65. The number of benzene rings is 2. The lowest BCUT2D eigenvalue weighted by Crippen LogP contribution is -2.48. The average molecular weight is 470 g/mol. The van der Waals surface area contributed by atoms with Gasteiger partial charge in [0, 0.05) is 18.7 Å². The second-order valence-electron chi connectivity index (χ2n) is 8.23. The van der Waals surface area contributed by atoms with E-state index in [2.05, 4.69) is 15.4 Å². The maximum Gasteiger partial charge on any atom is 0.251 e. The van der Waals surface area contributed by atoms with E-state index in [-0.39, 0.29) is 29.1 Å². The molecule has 1 aliphatic rings. The summed E-state index contributed by atoms with van der Waals surface area (Å²) in [7, 11) is -3.65. The first-order valence-electron chi connectivity index (χ1n) is 10.8. The number of aromatic nitrogens is 3. The number of nitrogens with zero attached hydrogens (tertiary/aromatic N) is 4. The highest BCUT2D eigenvalue weighted by atomic mass is 32.2. The van der Waals surface area contributed by atoms with Crippen molar-refractivity contribution in [1.82, 2.24) is 24.4 Å². The van der Waals surface area contributed by atoms with E-state index in [1.807, 2.05) is 45.0 Å². The van der Waals surface area contributed by atoms with Crippen molar-refractivity contribution in [3.63, 3.8) is 0 Å². The SMILES string of the molecule is C[C@@H]1CN(S(=O)(=O)c2ccc(C(=O)N[C@H](C)c3ccc(-n4cncn4)cc3)cc2)C[C@H](C)O1. The van der Waals surface area contributed by atoms with Crippen LogP contribution < -0.4 is 5.32 Å². The van der Waals surface area contributed by atoms with Crippen LogP contribution in [0.1, 0.15) is 42.7 Å². The zero-order chi connectivity index (χ0) is 23.6. The van der Waals surface area contributed by atoms with Crippen LogP contribution in [0.15, 0.2) is 66.1 Å². The van der Waals surface area contributed by atoms with Crippen LogP contribution in [0.25, 0.3) is 5.69 Å². The van der Waals surface area contributed by atoms with Crippen LogP contribution in [0, 0.1) is 0 Å². The molecule has 1 N–H and O–H groups in total. The van der Waals surface area contributed by atoms with Gasteiger partial charge in [0.25, 0.3) is 5.91 Å². The fourth-order valence-electron chi connectivity index (χ4n) is 3.87. The molecule has 1 aliphatic heterocycles. The van der Waals surface area contributed by atoms with Crippen LogP contribution in [-0.4, -0.2) is 58.7 Å². The number of amides is 1. The predicted octanol–water partition coefficient (Wildman–Crippen LogP) is 2.56. The Balaban J connectivity index is 1.42. The van der Waals surface area contributed by atoms with Crippen molar-refractivity contribution in [3.05, 3.63) is 72.3 Å². The molecule has 1 fully saturated rings. The van der Waals surface area contributed by atoms with Crippen molar-refractivity contribution >= 4 is 15.9 Å². The molecule has 10 heteroatoms. The quantitative estimate of drug-likeness (QED) is 0.595. The summed E-state index contributed by atoms with van der Waals surface area (Å²) >= 11 is 0. The summed E-state index contributed by atoms with van der Waals surface area (Å²) in [6.45, 7) is 6.22. The first-order chi connectivity index (χ1) is 15.7. The number of sulfonamides is 1. The molecular weight excluding hydrogens is 442 g/mol. The van der Waals surface area contributed by atoms with Gasteiger partial charge in [-0.3, -0.25) is 4.79 Å². The summed E-state index contributed by atoms with van der Waals surface area (Å²) in [6, 6.07) is 13.4. The van der Waals surface area contributed by atoms with Gasteiger partial charge in [0.1, 0.15) is 12.7 Å². The van der Waals surface area contributed by atoms with Gasteiger partial charge in [-0.05, 0) is 62.7 Å². The first kappa shape index (κ1) is 23.1. The molecule has 174 valence electrons. The zero-order valence-corrected chi connectivity index (χ0v) is 19.6. The summed E-state index contributed by atoms with van der Waals surface area (Å²) in [6.07, 6.45) is 2.75. The molecule has 0 unspecified atom stereocenters. The van der Waals surface area contributed by atoms with Crippen molar-refractivity contribution in [2.24, 2.45) is 0 Å². The van der Waals surface area contributed by atoms with E-state index >= 15 is 0 Å². The Morgan fingerprint density at radius 2 is 1.70 bits per heavy atom. The van der Waals surface area contributed by atoms with Crippen molar-refractivity contribution in [3.8, 4) is 5.69 Å². The van der Waals surface area contributed by atoms with Gasteiger partial charge < -0.3 is 10.1 Å². The second-order valence-corrected chi connectivity index (χ2v) is 10.2. The molecule has 0 radical (unpaired) electrons. The third-order valence-corrected chi connectivity index (χ3v) is 7.41. The van der Waals surface area contributed by atoms with Gasteiger partial charge in [0.15, 0.2) is 0 Å². The van der Waals surface area contributed by atoms with Crippen molar-refractivity contribution in [2.45, 2.75) is 43.9 Å². The Bertz CT molecular complexity index is 1180. The molecule has 0 aliphatic carbocycles. The number of rotatable bonds is 6. The third kappa shape index (κ3) is 5.13. The lowest BCUT2D eigenvalue weighted by molar-refractivity contribution is -0.0440. The van der Waals surface area contributed by atoms with Crippen LogP contribution in [0.3, 0.4) is 0 Å². The number of morpholine rings is 1. The van der Waals surface area contributed by atoms with Crippen LogP contribution >= 0.6 is 0 Å². The molecule has 3 aromatic rings. The van der Waals surface area contributed by atoms with E-state index in [1.54, 1.807) is 11.0 Å². The molecule has 4 rings (SSSR count). The van der Waals surface area contributed by atoms with E-state index < -0.39 is 10.0 Å². The van der Waals surface area contributed by atoms with E-state index in [9.17, 15) is 13.2 Å². The summed E-state index contributed by atoms with van der Waals surface area (Å²) in [5.74, 6) is -0.277. The zero-order valence-electron chi connectivity index (χ0n) is 18.7. The Kier molecular flexibility index (Phi) is 6.59. The van der Waals surface area contributed by atoms with Crippen LogP contribution in [-0.2, 0) is 14.8 Å². The number of hydrogen-bond donors (Lipinski definition) is 1. The summed E-state index contributed by atoms with van der Waals surface area (Å²) in [5, 5.41) is 7.04. The minimum Gasteiger partial charge on any atom is -0.373 e. The van der Waals surface area contributed by atoms with Crippen LogP contribution in [0.5, 0.6) is 0 Å². The van der Waals surface area contributed by atoms with E-state index in [4.69, 9.17) is 4.74 Å². The standard InChI is InChI=1S/C23H27N5O4S/c1-16-12-27(13-17(2)32-16)33(30,31)22-10-6-20(7-11-22)23(29)26-18(3)19-4-8-21(9-5-19)28-15-24-14-25-28/h4-11,14-18H,12-13H2,1-3H3,(H,26,29)/t16-,17+,18-/m1/s1. The molecule has 3 atom stereocenters. The van der Waals surface area contributed by atoms with Crippen LogP contribution in [0.2, 0.25) is 0 Å². The molecule has 2 aromatic carbocycles. The van der Waals surface area contributed by atoms with Gasteiger partial charge in [0.2, 0.25) is 10.0 Å². The summed E-state index contributed by atoms with van der Waals surface area (Å²) < 4.78 is 34.7.